The summed E-state index contributed by atoms with van der Waals surface area (Å²) in [6.07, 6.45) is 8.59. The van der Waals surface area contributed by atoms with Gasteiger partial charge in [-0.05, 0) is 30.2 Å². The Balaban J connectivity index is 1.34. The van der Waals surface area contributed by atoms with E-state index in [1.54, 1.807) is 29.4 Å². The highest BCUT2D eigenvalue weighted by Crippen LogP contribution is 2.11. The molecule has 0 radical (unpaired) electrons. The number of benzene rings is 1. The van der Waals surface area contributed by atoms with Crippen LogP contribution in [0.2, 0.25) is 0 Å². The van der Waals surface area contributed by atoms with Crippen LogP contribution < -0.4 is 10.9 Å². The fourth-order valence-electron chi connectivity index (χ4n) is 3.08. The molecular weight excluding hydrogens is 368 g/mol. The first-order chi connectivity index (χ1) is 14.1. The van der Waals surface area contributed by atoms with Crippen LogP contribution in [0.25, 0.3) is 16.7 Å². The molecule has 0 atom stereocenters. The third-order valence-corrected chi connectivity index (χ3v) is 4.70. The minimum atomic E-state index is -0.139. The van der Waals surface area contributed by atoms with Crippen LogP contribution in [0.3, 0.4) is 0 Å². The molecule has 3 heterocycles. The standard InChI is InChI=1S/C21H20N6O2/c1-15-3-2-4-17-20(15)25-14-27(21(17)29)9-7-19(28)24-12-16-5-6-18(23-11-16)26-10-8-22-13-26/h2-6,8,10-11,13-14H,7,9,12H2,1H3,(H,24,28). The maximum atomic E-state index is 12.6. The van der Waals surface area contributed by atoms with Crippen molar-refractivity contribution in [3.8, 4) is 5.82 Å². The highest BCUT2D eigenvalue weighted by molar-refractivity contribution is 5.80. The van der Waals surface area contributed by atoms with E-state index >= 15 is 0 Å². The van der Waals surface area contributed by atoms with Gasteiger partial charge in [-0.3, -0.25) is 18.7 Å². The molecule has 4 aromatic rings. The van der Waals surface area contributed by atoms with Gasteiger partial charge in [-0.15, -0.1) is 0 Å². The topological polar surface area (TPSA) is 94.7 Å². The van der Waals surface area contributed by atoms with Crippen molar-refractivity contribution in [3.05, 3.63) is 83.1 Å². The zero-order valence-electron chi connectivity index (χ0n) is 15.9. The summed E-state index contributed by atoms with van der Waals surface area (Å²) >= 11 is 0. The van der Waals surface area contributed by atoms with Crippen molar-refractivity contribution < 1.29 is 4.79 Å². The number of aryl methyl sites for hydroxylation is 2. The molecule has 4 rings (SSSR count). The molecule has 0 aliphatic heterocycles. The van der Waals surface area contributed by atoms with Gasteiger partial charge in [-0.25, -0.2) is 15.0 Å². The van der Waals surface area contributed by atoms with Gasteiger partial charge in [0, 0.05) is 38.1 Å². The van der Waals surface area contributed by atoms with Gasteiger partial charge < -0.3 is 5.32 Å². The smallest absolute Gasteiger partial charge is 0.261 e. The van der Waals surface area contributed by atoms with Gasteiger partial charge in [0.25, 0.3) is 5.56 Å². The molecule has 0 fully saturated rings. The number of aromatic nitrogens is 5. The summed E-state index contributed by atoms with van der Waals surface area (Å²) in [7, 11) is 0. The molecule has 1 N–H and O–H groups in total. The quantitative estimate of drug-likeness (QED) is 0.545. The second-order valence-electron chi connectivity index (χ2n) is 6.74. The van der Waals surface area contributed by atoms with Crippen molar-refractivity contribution in [3.63, 3.8) is 0 Å². The largest absolute Gasteiger partial charge is 0.352 e. The van der Waals surface area contributed by atoms with Crippen molar-refractivity contribution in [2.45, 2.75) is 26.4 Å². The lowest BCUT2D eigenvalue weighted by Crippen LogP contribution is -2.27. The van der Waals surface area contributed by atoms with Crippen molar-refractivity contribution in [1.82, 2.24) is 29.4 Å². The van der Waals surface area contributed by atoms with E-state index in [2.05, 4.69) is 20.3 Å². The minimum absolute atomic E-state index is 0.134. The maximum Gasteiger partial charge on any atom is 0.261 e. The summed E-state index contributed by atoms with van der Waals surface area (Å²) in [6, 6.07) is 9.29. The molecule has 29 heavy (non-hydrogen) atoms. The molecule has 0 bridgehead atoms. The van der Waals surface area contributed by atoms with Crippen LogP contribution in [0.4, 0.5) is 0 Å². The number of imidazole rings is 1. The molecular formula is C21H20N6O2. The van der Waals surface area contributed by atoms with E-state index in [9.17, 15) is 9.59 Å². The Morgan fingerprint density at radius 2 is 2.03 bits per heavy atom. The van der Waals surface area contributed by atoms with Gasteiger partial charge >= 0.3 is 0 Å². The van der Waals surface area contributed by atoms with Gasteiger partial charge in [-0.2, -0.15) is 0 Å². The number of nitrogens with one attached hydrogen (secondary N) is 1. The van der Waals surface area contributed by atoms with Crippen LogP contribution in [0.1, 0.15) is 17.5 Å². The van der Waals surface area contributed by atoms with E-state index in [0.717, 1.165) is 16.9 Å². The van der Waals surface area contributed by atoms with E-state index < -0.39 is 0 Å². The van der Waals surface area contributed by atoms with E-state index in [1.807, 2.05) is 37.4 Å². The SMILES string of the molecule is Cc1cccc2c(=O)n(CCC(=O)NCc3ccc(-n4ccnc4)nc3)cnc12. The van der Waals surface area contributed by atoms with Crippen LogP contribution >= 0.6 is 0 Å². The maximum absolute atomic E-state index is 12.6. The summed E-state index contributed by atoms with van der Waals surface area (Å²) in [5, 5.41) is 3.42. The number of fused-ring (bicyclic) bond motifs is 1. The van der Waals surface area contributed by atoms with Crippen LogP contribution in [0.15, 0.2) is 66.4 Å². The van der Waals surface area contributed by atoms with Crippen LogP contribution in [-0.2, 0) is 17.9 Å². The van der Waals surface area contributed by atoms with Crippen molar-refractivity contribution in [1.29, 1.82) is 0 Å². The van der Waals surface area contributed by atoms with Gasteiger partial charge in [0.05, 0.1) is 17.2 Å². The van der Waals surface area contributed by atoms with Crippen LogP contribution in [0, 0.1) is 6.92 Å². The molecule has 0 aliphatic carbocycles. The molecule has 8 nitrogen and oxygen atoms in total. The van der Waals surface area contributed by atoms with E-state index in [0.29, 0.717) is 17.4 Å². The zero-order valence-corrected chi connectivity index (χ0v) is 15.9. The molecule has 0 saturated carbocycles. The zero-order chi connectivity index (χ0) is 20.2. The summed E-state index contributed by atoms with van der Waals surface area (Å²) < 4.78 is 3.28. The normalized spacial score (nSPS) is 10.9. The Kier molecular flexibility index (Phi) is 5.15. The molecule has 0 unspecified atom stereocenters. The monoisotopic (exact) mass is 388 g/mol. The summed E-state index contributed by atoms with van der Waals surface area (Å²) in [6.45, 7) is 2.57. The van der Waals surface area contributed by atoms with E-state index in [4.69, 9.17) is 0 Å². The van der Waals surface area contributed by atoms with Crippen molar-refractivity contribution in [2.24, 2.45) is 0 Å². The molecule has 1 amide bonds. The first-order valence-corrected chi connectivity index (χ1v) is 9.26. The Hall–Kier alpha value is -3.81. The average molecular weight is 388 g/mol. The van der Waals surface area contributed by atoms with E-state index in [1.165, 1.54) is 10.9 Å². The highest BCUT2D eigenvalue weighted by atomic mass is 16.1. The number of rotatable bonds is 6. The number of amides is 1. The number of hydrogen-bond donors (Lipinski definition) is 1. The first kappa shape index (κ1) is 18.5. The lowest BCUT2D eigenvalue weighted by molar-refractivity contribution is -0.121. The molecule has 3 aromatic heterocycles. The van der Waals surface area contributed by atoms with Gasteiger partial charge in [-0.1, -0.05) is 18.2 Å². The molecule has 1 aromatic carbocycles. The van der Waals surface area contributed by atoms with Crippen molar-refractivity contribution in [2.75, 3.05) is 0 Å². The third-order valence-electron chi connectivity index (χ3n) is 4.70. The van der Waals surface area contributed by atoms with E-state index in [-0.39, 0.29) is 24.4 Å². The lowest BCUT2D eigenvalue weighted by atomic mass is 10.1. The Morgan fingerprint density at radius 3 is 2.79 bits per heavy atom. The number of pyridine rings is 1. The number of nitrogens with zero attached hydrogens (tertiary/aromatic N) is 5. The Bertz CT molecular complexity index is 1200. The fraction of sp³-hybridized carbons (Fsp3) is 0.190. The molecule has 0 spiro atoms. The Morgan fingerprint density at radius 1 is 1.14 bits per heavy atom. The molecule has 0 aliphatic rings. The number of para-hydroxylation sites is 1. The number of carbonyl (C=O) groups is 1. The van der Waals surface area contributed by atoms with Crippen molar-refractivity contribution >= 4 is 16.8 Å². The van der Waals surface area contributed by atoms with Gasteiger partial charge in [0.1, 0.15) is 12.1 Å². The molecule has 0 saturated heterocycles. The van der Waals surface area contributed by atoms with Crippen LogP contribution in [0.5, 0.6) is 0 Å². The fourth-order valence-corrected chi connectivity index (χ4v) is 3.08. The highest BCUT2D eigenvalue weighted by Gasteiger charge is 2.08. The van der Waals surface area contributed by atoms with Gasteiger partial charge in [0.2, 0.25) is 5.91 Å². The van der Waals surface area contributed by atoms with Crippen LogP contribution in [-0.4, -0.2) is 30.0 Å². The summed E-state index contributed by atoms with van der Waals surface area (Å²) in [4.78, 5) is 37.5. The number of carbonyl (C=O) groups excluding carboxylic acids is 1. The first-order valence-electron chi connectivity index (χ1n) is 9.26. The summed E-state index contributed by atoms with van der Waals surface area (Å²) in [5.41, 5.74) is 2.41. The minimum Gasteiger partial charge on any atom is -0.352 e. The lowest BCUT2D eigenvalue weighted by Gasteiger charge is -2.09. The predicted molar refractivity (Wildman–Crippen MR) is 109 cm³/mol. The molecule has 8 heteroatoms. The van der Waals surface area contributed by atoms with Gasteiger partial charge in [0.15, 0.2) is 0 Å². The summed E-state index contributed by atoms with van der Waals surface area (Å²) in [5.74, 6) is 0.621. The predicted octanol–water partition coefficient (Wildman–Crippen LogP) is 1.99. The Labute approximate surface area is 166 Å². The average Bonchev–Trinajstić information content (AvgIpc) is 3.28. The third kappa shape index (κ3) is 4.06. The molecule has 146 valence electrons. The second-order valence-corrected chi connectivity index (χ2v) is 6.74. The number of hydrogen-bond acceptors (Lipinski definition) is 5. The second kappa shape index (κ2) is 8.05.